The predicted molar refractivity (Wildman–Crippen MR) is 156 cm³/mol. The smallest absolute Gasteiger partial charge is 0.332 e. The zero-order valence-electron chi connectivity index (χ0n) is 22.6. The number of sulfone groups is 1. The van der Waals surface area contributed by atoms with E-state index in [0.29, 0.717) is 29.5 Å². The largest absolute Gasteiger partial charge is 0.338 e. The van der Waals surface area contributed by atoms with E-state index >= 15 is 0 Å². The molecule has 11 nitrogen and oxygen atoms in total. The average Bonchev–Trinajstić information content (AvgIpc) is 3.66. The number of fused-ring (bicyclic) bond motifs is 2. The molecule has 2 fully saturated rings. The molecule has 2 unspecified atom stereocenters. The summed E-state index contributed by atoms with van der Waals surface area (Å²) in [6.07, 6.45) is 2.04. The first-order valence-corrected chi connectivity index (χ1v) is 15.6. The molecular weight excluding hydrogens is 568 g/mol. The molecule has 2 aromatic carbocycles. The lowest BCUT2D eigenvalue weighted by atomic mass is 10.1. The zero-order chi connectivity index (χ0) is 29.1. The van der Waals surface area contributed by atoms with Crippen molar-refractivity contribution >= 4 is 44.3 Å². The molecule has 2 aromatic heterocycles. The van der Waals surface area contributed by atoms with E-state index in [1.165, 1.54) is 17.7 Å². The highest BCUT2D eigenvalue weighted by atomic mass is 35.5. The Kier molecular flexibility index (Phi) is 6.87. The van der Waals surface area contributed by atoms with Crippen molar-refractivity contribution in [1.82, 2.24) is 24.0 Å². The molecular formula is C28H29ClN6O5S. The van der Waals surface area contributed by atoms with Crippen LogP contribution < -0.4 is 21.5 Å². The number of nitrogens with zero attached hydrogens (tertiary/aromatic N) is 5. The maximum Gasteiger partial charge on any atom is 0.332 e. The number of ketones is 1. The molecule has 214 valence electrons. The highest BCUT2D eigenvalue weighted by Crippen LogP contribution is 2.34. The molecule has 2 atom stereocenters. The van der Waals surface area contributed by atoms with E-state index in [0.717, 1.165) is 30.3 Å². The van der Waals surface area contributed by atoms with Gasteiger partial charge in [0, 0.05) is 49.6 Å². The van der Waals surface area contributed by atoms with Gasteiger partial charge in [0.1, 0.15) is 0 Å². The molecule has 0 saturated carbocycles. The van der Waals surface area contributed by atoms with E-state index in [9.17, 15) is 22.8 Å². The Labute approximate surface area is 240 Å². The maximum atomic E-state index is 14.0. The number of aromatic nitrogens is 4. The standard InChI is InChI=1S/C28H29ClN6O5S/c1-32-25-24(26(37)35(28(32)38)16-22(36)17-6-4-3-5-7-17)34(15-19-8-9-20(29)12-23(19)41(2,39)40)27(31-25)33-11-10-18-13-30-14-21(18)33/h3-9,12,18,21,30H,10-11,13-16H2,1-2H3. The molecule has 2 saturated heterocycles. The number of hydrogen-bond donors (Lipinski definition) is 1. The quantitative estimate of drug-likeness (QED) is 0.319. The van der Waals surface area contributed by atoms with Crippen molar-refractivity contribution in [3.63, 3.8) is 0 Å². The first-order valence-electron chi connectivity index (χ1n) is 13.3. The second-order valence-corrected chi connectivity index (χ2v) is 13.1. The molecule has 2 aliphatic heterocycles. The minimum absolute atomic E-state index is 0.00715. The van der Waals surface area contributed by atoms with Gasteiger partial charge in [-0.3, -0.25) is 23.3 Å². The highest BCUT2D eigenvalue weighted by Gasteiger charge is 2.40. The summed E-state index contributed by atoms with van der Waals surface area (Å²) in [6, 6.07) is 13.2. The maximum absolute atomic E-state index is 14.0. The number of Topliss-reactive ketones (excluding diaryl/α,β-unsaturated/α-hetero) is 1. The van der Waals surface area contributed by atoms with E-state index in [2.05, 4.69) is 10.2 Å². The Bertz CT molecular complexity index is 1910. The summed E-state index contributed by atoms with van der Waals surface area (Å²) in [6.45, 7) is 1.88. The van der Waals surface area contributed by atoms with Gasteiger partial charge < -0.3 is 10.2 Å². The molecule has 4 heterocycles. The molecule has 0 amide bonds. The molecule has 1 N–H and O–H groups in total. The molecule has 2 aliphatic rings. The minimum Gasteiger partial charge on any atom is -0.338 e. The Morgan fingerprint density at radius 1 is 1.10 bits per heavy atom. The van der Waals surface area contributed by atoms with Gasteiger partial charge in [-0.2, -0.15) is 4.98 Å². The summed E-state index contributed by atoms with van der Waals surface area (Å²) in [7, 11) is -2.15. The van der Waals surface area contributed by atoms with Crippen molar-refractivity contribution in [2.24, 2.45) is 13.0 Å². The van der Waals surface area contributed by atoms with E-state index in [-0.39, 0.29) is 39.5 Å². The number of hydrogen-bond acceptors (Lipinski definition) is 8. The SMILES string of the molecule is Cn1c(=O)n(CC(=O)c2ccccc2)c(=O)c2c1nc(N1CCC3CNCC31)n2Cc1ccc(Cl)cc1S(C)(=O)=O. The summed E-state index contributed by atoms with van der Waals surface area (Å²) in [5, 5.41) is 3.68. The number of benzene rings is 2. The van der Waals surface area contributed by atoms with E-state index in [1.54, 1.807) is 47.0 Å². The van der Waals surface area contributed by atoms with Crippen LogP contribution in [0.1, 0.15) is 22.3 Å². The summed E-state index contributed by atoms with van der Waals surface area (Å²) in [4.78, 5) is 47.4. The number of nitrogens with one attached hydrogen (secondary N) is 1. The van der Waals surface area contributed by atoms with Crippen LogP contribution in [0.5, 0.6) is 0 Å². The Balaban J connectivity index is 1.57. The lowest BCUT2D eigenvalue weighted by Crippen LogP contribution is -2.41. The molecule has 0 spiro atoms. The second-order valence-electron chi connectivity index (χ2n) is 10.7. The van der Waals surface area contributed by atoms with Crippen molar-refractivity contribution in [2.45, 2.75) is 30.4 Å². The summed E-state index contributed by atoms with van der Waals surface area (Å²) in [5.41, 5.74) is -0.228. The third-order valence-corrected chi connectivity index (χ3v) is 9.48. The first kappa shape index (κ1) is 27.4. The lowest BCUT2D eigenvalue weighted by Gasteiger charge is -2.25. The summed E-state index contributed by atoms with van der Waals surface area (Å²) < 4.78 is 29.3. The van der Waals surface area contributed by atoms with Gasteiger partial charge in [-0.1, -0.05) is 48.0 Å². The van der Waals surface area contributed by atoms with Crippen LogP contribution in [0.25, 0.3) is 11.2 Å². The molecule has 0 bridgehead atoms. The normalized spacial score (nSPS) is 18.8. The molecule has 13 heteroatoms. The van der Waals surface area contributed by atoms with Crippen LogP contribution in [0, 0.1) is 5.92 Å². The van der Waals surface area contributed by atoms with E-state index < -0.39 is 27.6 Å². The Hall–Kier alpha value is -3.74. The fourth-order valence-electron chi connectivity index (χ4n) is 6.00. The zero-order valence-corrected chi connectivity index (χ0v) is 24.2. The number of carbonyl (C=O) groups excluding carboxylic acids is 1. The fraction of sp³-hybridized carbons (Fsp3) is 0.357. The van der Waals surface area contributed by atoms with Gasteiger partial charge in [-0.15, -0.1) is 0 Å². The lowest BCUT2D eigenvalue weighted by molar-refractivity contribution is 0.0969. The van der Waals surface area contributed by atoms with Crippen LogP contribution in [-0.2, 0) is 30.0 Å². The van der Waals surface area contributed by atoms with Gasteiger partial charge in [0.2, 0.25) is 5.95 Å². The Morgan fingerprint density at radius 3 is 2.59 bits per heavy atom. The van der Waals surface area contributed by atoms with Gasteiger partial charge in [-0.25, -0.2) is 13.2 Å². The van der Waals surface area contributed by atoms with Gasteiger partial charge in [0.25, 0.3) is 5.56 Å². The minimum atomic E-state index is -3.66. The second kappa shape index (κ2) is 10.3. The fourth-order valence-corrected chi connectivity index (χ4v) is 7.19. The third-order valence-electron chi connectivity index (χ3n) is 8.07. The number of carbonyl (C=O) groups is 1. The summed E-state index contributed by atoms with van der Waals surface area (Å²) in [5.74, 6) is 0.506. The van der Waals surface area contributed by atoms with E-state index in [1.807, 2.05) is 0 Å². The molecule has 41 heavy (non-hydrogen) atoms. The third kappa shape index (κ3) is 4.79. The van der Waals surface area contributed by atoms with Gasteiger partial charge in [-0.05, 0) is 30.0 Å². The molecule has 0 aliphatic carbocycles. The van der Waals surface area contributed by atoms with Crippen molar-refractivity contribution < 1.29 is 13.2 Å². The van der Waals surface area contributed by atoms with Gasteiger partial charge in [0.05, 0.1) is 18.0 Å². The van der Waals surface area contributed by atoms with Crippen molar-refractivity contribution in [3.8, 4) is 0 Å². The van der Waals surface area contributed by atoms with Gasteiger partial charge in [0.15, 0.2) is 26.8 Å². The number of aryl methyl sites for hydroxylation is 1. The molecule has 0 radical (unpaired) electrons. The van der Waals surface area contributed by atoms with Crippen LogP contribution in [0.4, 0.5) is 5.95 Å². The predicted octanol–water partition coefficient (Wildman–Crippen LogP) is 1.68. The summed E-state index contributed by atoms with van der Waals surface area (Å²) >= 11 is 6.16. The highest BCUT2D eigenvalue weighted by molar-refractivity contribution is 7.90. The monoisotopic (exact) mass is 596 g/mol. The molecule has 6 rings (SSSR count). The van der Waals surface area contributed by atoms with Crippen molar-refractivity contribution in [3.05, 3.63) is 85.5 Å². The number of anilines is 1. The number of imidazole rings is 1. The van der Waals surface area contributed by atoms with Crippen LogP contribution >= 0.6 is 11.6 Å². The number of rotatable bonds is 7. The van der Waals surface area contributed by atoms with Crippen LogP contribution in [-0.4, -0.2) is 64.8 Å². The first-order chi connectivity index (χ1) is 19.5. The van der Waals surface area contributed by atoms with Crippen LogP contribution in [0.2, 0.25) is 5.02 Å². The van der Waals surface area contributed by atoms with Crippen molar-refractivity contribution in [1.29, 1.82) is 0 Å². The van der Waals surface area contributed by atoms with Crippen LogP contribution in [0.15, 0.2) is 63.0 Å². The van der Waals surface area contributed by atoms with E-state index in [4.69, 9.17) is 16.6 Å². The Morgan fingerprint density at radius 2 is 1.85 bits per heavy atom. The average molecular weight is 597 g/mol. The van der Waals surface area contributed by atoms with Crippen molar-refractivity contribution in [2.75, 3.05) is 30.8 Å². The number of halogens is 1. The topological polar surface area (TPSA) is 128 Å². The van der Waals surface area contributed by atoms with Gasteiger partial charge >= 0.3 is 5.69 Å². The van der Waals surface area contributed by atoms with Crippen LogP contribution in [0.3, 0.4) is 0 Å². The molecule has 4 aromatic rings.